The molecule has 0 radical (unpaired) electrons. The molecule has 1 saturated carbocycles. The standard InChI is InChI=1S/C17H20N2/c18-16-9-10-19(15-7-8-15)17(16)14-6-5-12-3-1-2-4-13(12)11-14/h1-6,11,15-17H,7-10,18H2. The molecule has 4 rings (SSSR count). The monoisotopic (exact) mass is 252 g/mol. The molecule has 2 aliphatic rings. The number of benzene rings is 2. The first-order valence-corrected chi connectivity index (χ1v) is 7.33. The number of hydrogen-bond donors (Lipinski definition) is 1. The van der Waals surface area contributed by atoms with Gasteiger partial charge in [-0.3, -0.25) is 4.90 Å². The highest BCUT2D eigenvalue weighted by atomic mass is 15.2. The molecule has 2 nitrogen and oxygen atoms in total. The van der Waals surface area contributed by atoms with Gasteiger partial charge in [0.1, 0.15) is 0 Å². The van der Waals surface area contributed by atoms with Crippen molar-refractivity contribution in [2.24, 2.45) is 5.73 Å². The van der Waals surface area contributed by atoms with Gasteiger partial charge in [-0.15, -0.1) is 0 Å². The van der Waals surface area contributed by atoms with Gasteiger partial charge in [-0.25, -0.2) is 0 Å². The van der Waals surface area contributed by atoms with Crippen molar-refractivity contribution >= 4 is 10.8 Å². The molecule has 1 saturated heterocycles. The van der Waals surface area contributed by atoms with Crippen molar-refractivity contribution in [1.29, 1.82) is 0 Å². The van der Waals surface area contributed by atoms with E-state index in [0.717, 1.165) is 12.5 Å². The van der Waals surface area contributed by atoms with Gasteiger partial charge in [-0.1, -0.05) is 36.4 Å². The first-order valence-electron chi connectivity index (χ1n) is 7.33. The lowest BCUT2D eigenvalue weighted by atomic mass is 9.97. The van der Waals surface area contributed by atoms with Gasteiger partial charge in [0.05, 0.1) is 6.04 Å². The Hall–Kier alpha value is -1.38. The molecule has 98 valence electrons. The molecule has 2 aromatic carbocycles. The average molecular weight is 252 g/mol. The summed E-state index contributed by atoms with van der Waals surface area (Å²) in [5, 5.41) is 2.64. The number of hydrogen-bond acceptors (Lipinski definition) is 2. The normalized spacial score (nSPS) is 28.1. The molecule has 0 bridgehead atoms. The zero-order valence-electron chi connectivity index (χ0n) is 11.1. The first-order chi connectivity index (χ1) is 9.33. The van der Waals surface area contributed by atoms with Crippen LogP contribution < -0.4 is 5.73 Å². The fourth-order valence-electron chi connectivity index (χ4n) is 3.49. The number of likely N-dealkylation sites (tertiary alicyclic amines) is 1. The number of nitrogens with zero attached hydrogens (tertiary/aromatic N) is 1. The van der Waals surface area contributed by atoms with Crippen LogP contribution in [0.15, 0.2) is 42.5 Å². The minimum Gasteiger partial charge on any atom is -0.326 e. The van der Waals surface area contributed by atoms with E-state index in [2.05, 4.69) is 47.4 Å². The van der Waals surface area contributed by atoms with Crippen molar-refractivity contribution in [1.82, 2.24) is 4.90 Å². The zero-order valence-corrected chi connectivity index (χ0v) is 11.1. The Bertz CT molecular complexity index is 603. The summed E-state index contributed by atoms with van der Waals surface area (Å²) in [6.45, 7) is 1.17. The Kier molecular flexibility index (Phi) is 2.61. The minimum absolute atomic E-state index is 0.293. The van der Waals surface area contributed by atoms with Crippen molar-refractivity contribution < 1.29 is 0 Å². The van der Waals surface area contributed by atoms with Crippen molar-refractivity contribution in [2.75, 3.05) is 6.54 Å². The highest BCUT2D eigenvalue weighted by molar-refractivity contribution is 5.83. The third kappa shape index (κ3) is 1.96. The molecule has 1 aliphatic carbocycles. The number of nitrogens with two attached hydrogens (primary N) is 1. The van der Waals surface area contributed by atoms with Crippen molar-refractivity contribution in [3.8, 4) is 0 Å². The topological polar surface area (TPSA) is 29.3 Å². The van der Waals surface area contributed by atoms with E-state index in [1.165, 1.54) is 35.7 Å². The summed E-state index contributed by atoms with van der Waals surface area (Å²) in [5.41, 5.74) is 7.77. The molecule has 1 heterocycles. The van der Waals surface area contributed by atoms with E-state index in [9.17, 15) is 0 Å². The SMILES string of the molecule is NC1CCN(C2CC2)C1c1ccc2ccccc2c1. The van der Waals surface area contributed by atoms with Crippen LogP contribution in [0.3, 0.4) is 0 Å². The van der Waals surface area contributed by atoms with Crippen LogP contribution in [0.1, 0.15) is 30.9 Å². The quantitative estimate of drug-likeness (QED) is 0.890. The van der Waals surface area contributed by atoms with E-state index < -0.39 is 0 Å². The van der Waals surface area contributed by atoms with E-state index in [4.69, 9.17) is 5.73 Å². The van der Waals surface area contributed by atoms with Gasteiger partial charge in [0.25, 0.3) is 0 Å². The summed E-state index contributed by atoms with van der Waals surface area (Å²) in [7, 11) is 0. The van der Waals surface area contributed by atoms with Gasteiger partial charge < -0.3 is 5.73 Å². The van der Waals surface area contributed by atoms with Gasteiger partial charge >= 0.3 is 0 Å². The van der Waals surface area contributed by atoms with Crippen molar-refractivity contribution in [2.45, 2.75) is 37.4 Å². The second kappa shape index (κ2) is 4.32. The second-order valence-electron chi connectivity index (χ2n) is 5.97. The second-order valence-corrected chi connectivity index (χ2v) is 5.97. The average Bonchev–Trinajstić information content (AvgIpc) is 3.21. The lowest BCUT2D eigenvalue weighted by molar-refractivity contribution is 0.237. The van der Waals surface area contributed by atoms with E-state index in [1.807, 2.05) is 0 Å². The van der Waals surface area contributed by atoms with Gasteiger partial charge in [0.15, 0.2) is 0 Å². The molecule has 2 aromatic rings. The molecule has 0 aromatic heterocycles. The third-order valence-corrected chi connectivity index (χ3v) is 4.61. The highest BCUT2D eigenvalue weighted by Crippen LogP contribution is 2.40. The smallest absolute Gasteiger partial charge is 0.0502 e. The molecule has 2 atom stereocenters. The van der Waals surface area contributed by atoms with Crippen LogP contribution in [0.5, 0.6) is 0 Å². The molecule has 19 heavy (non-hydrogen) atoms. The lowest BCUT2D eigenvalue weighted by Gasteiger charge is -2.27. The van der Waals surface area contributed by atoms with Gasteiger partial charge in [0, 0.05) is 18.6 Å². The maximum atomic E-state index is 6.37. The van der Waals surface area contributed by atoms with E-state index >= 15 is 0 Å². The molecular weight excluding hydrogens is 232 g/mol. The van der Waals surface area contributed by atoms with Crippen molar-refractivity contribution in [3.05, 3.63) is 48.0 Å². The lowest BCUT2D eigenvalue weighted by Crippen LogP contribution is -2.33. The van der Waals surface area contributed by atoms with Gasteiger partial charge in [0.2, 0.25) is 0 Å². The van der Waals surface area contributed by atoms with Gasteiger partial charge in [-0.2, -0.15) is 0 Å². The van der Waals surface area contributed by atoms with Crippen LogP contribution in [-0.4, -0.2) is 23.5 Å². The van der Waals surface area contributed by atoms with Crippen LogP contribution >= 0.6 is 0 Å². The third-order valence-electron chi connectivity index (χ3n) is 4.61. The summed E-state index contributed by atoms with van der Waals surface area (Å²) in [6, 6.07) is 16.9. The van der Waals surface area contributed by atoms with E-state index in [0.29, 0.717) is 12.1 Å². The summed E-state index contributed by atoms with van der Waals surface area (Å²) in [4.78, 5) is 2.63. The fraction of sp³-hybridized carbons (Fsp3) is 0.412. The molecule has 2 N–H and O–H groups in total. The number of rotatable bonds is 2. The van der Waals surface area contributed by atoms with Crippen LogP contribution in [0, 0.1) is 0 Å². The Balaban J connectivity index is 1.75. The predicted molar refractivity (Wildman–Crippen MR) is 79.0 cm³/mol. The minimum atomic E-state index is 0.293. The molecule has 2 unspecified atom stereocenters. The molecule has 0 amide bonds. The van der Waals surface area contributed by atoms with Crippen molar-refractivity contribution in [3.63, 3.8) is 0 Å². The molecule has 1 aliphatic heterocycles. The predicted octanol–water partition coefficient (Wildman–Crippen LogP) is 3.08. The zero-order chi connectivity index (χ0) is 12.8. The molecule has 2 heteroatoms. The fourth-order valence-corrected chi connectivity index (χ4v) is 3.49. The Morgan fingerprint density at radius 3 is 2.53 bits per heavy atom. The van der Waals surface area contributed by atoms with Crippen LogP contribution in [-0.2, 0) is 0 Å². The Labute approximate surface area is 114 Å². The van der Waals surface area contributed by atoms with E-state index in [1.54, 1.807) is 0 Å². The summed E-state index contributed by atoms with van der Waals surface area (Å²) in [6.07, 6.45) is 3.85. The maximum Gasteiger partial charge on any atom is 0.0502 e. The highest BCUT2D eigenvalue weighted by Gasteiger charge is 2.41. The van der Waals surface area contributed by atoms with Crippen LogP contribution in [0.2, 0.25) is 0 Å². The Morgan fingerprint density at radius 1 is 0.947 bits per heavy atom. The Morgan fingerprint density at radius 2 is 1.74 bits per heavy atom. The number of fused-ring (bicyclic) bond motifs is 1. The largest absolute Gasteiger partial charge is 0.326 e. The maximum absolute atomic E-state index is 6.37. The summed E-state index contributed by atoms with van der Waals surface area (Å²) >= 11 is 0. The van der Waals surface area contributed by atoms with Gasteiger partial charge in [-0.05, 0) is 41.7 Å². The molecule has 2 fully saturated rings. The summed E-state index contributed by atoms with van der Waals surface area (Å²) < 4.78 is 0. The molecule has 0 spiro atoms. The summed E-state index contributed by atoms with van der Waals surface area (Å²) in [5.74, 6) is 0. The van der Waals surface area contributed by atoms with E-state index in [-0.39, 0.29) is 0 Å². The van der Waals surface area contributed by atoms with Crippen LogP contribution in [0.25, 0.3) is 10.8 Å². The first kappa shape index (κ1) is 11.4. The molecular formula is C17H20N2. The van der Waals surface area contributed by atoms with Crippen LogP contribution in [0.4, 0.5) is 0 Å².